The summed E-state index contributed by atoms with van der Waals surface area (Å²) in [6.45, 7) is -0.597. The number of amides is 3. The minimum Gasteiger partial charge on any atom is -0.325 e. The number of rotatable bonds is 5. The largest absolute Gasteiger partial charge is 0.416 e. The molecule has 1 aliphatic rings. The maximum atomic E-state index is 12.8. The molecule has 3 amide bonds. The minimum absolute atomic E-state index is 0.0804. The lowest BCUT2D eigenvalue weighted by Crippen LogP contribution is -2.36. The van der Waals surface area contributed by atoms with Crippen LogP contribution in [0.15, 0.2) is 71.7 Å². The number of nitrogens with zero attached hydrogens (tertiary/aromatic N) is 1. The molecule has 1 fully saturated rings. The van der Waals surface area contributed by atoms with E-state index < -0.39 is 35.3 Å². The Bertz CT molecular complexity index is 1030. The van der Waals surface area contributed by atoms with Gasteiger partial charge in [-0.05, 0) is 41.6 Å². The number of anilines is 1. The molecule has 154 valence electrons. The minimum atomic E-state index is -4.55. The normalized spacial score (nSPS) is 16.0. The SMILES string of the molecule is O=C(CN1C(=O)S/C(=C\C=C\c2ccccc2)C1=O)Nc1cccc(C(F)(F)F)c1. The van der Waals surface area contributed by atoms with Crippen LogP contribution in [0.4, 0.5) is 23.7 Å². The first-order valence-corrected chi connectivity index (χ1v) is 9.50. The van der Waals surface area contributed by atoms with E-state index in [1.807, 2.05) is 30.3 Å². The fourth-order valence-corrected chi connectivity index (χ4v) is 3.37. The number of carbonyl (C=O) groups is 3. The average Bonchev–Trinajstić information content (AvgIpc) is 2.96. The van der Waals surface area contributed by atoms with Gasteiger partial charge >= 0.3 is 6.18 Å². The standard InChI is InChI=1S/C21H15F3N2O3S/c22-21(23,24)15-9-5-10-16(12-15)25-18(27)13-26-19(28)17(30-20(26)29)11-4-8-14-6-2-1-3-7-14/h1-12H,13H2,(H,25,27)/b8-4+,17-11-. The average molecular weight is 432 g/mol. The lowest BCUT2D eigenvalue weighted by Gasteiger charge is -2.13. The third-order valence-corrected chi connectivity index (χ3v) is 4.91. The van der Waals surface area contributed by atoms with E-state index in [4.69, 9.17) is 0 Å². The Morgan fingerprint density at radius 1 is 1.07 bits per heavy atom. The van der Waals surface area contributed by atoms with Gasteiger partial charge in [-0.25, -0.2) is 0 Å². The highest BCUT2D eigenvalue weighted by atomic mass is 32.2. The smallest absolute Gasteiger partial charge is 0.325 e. The van der Waals surface area contributed by atoms with Gasteiger partial charge < -0.3 is 5.32 Å². The number of allylic oxidation sites excluding steroid dienone is 2. The predicted molar refractivity (Wildman–Crippen MR) is 108 cm³/mol. The zero-order valence-corrected chi connectivity index (χ0v) is 16.2. The maximum Gasteiger partial charge on any atom is 0.416 e. The Hall–Kier alpha value is -3.33. The van der Waals surface area contributed by atoms with Crippen LogP contribution >= 0.6 is 11.8 Å². The van der Waals surface area contributed by atoms with Gasteiger partial charge in [0.2, 0.25) is 5.91 Å². The third-order valence-electron chi connectivity index (χ3n) is 3.98. The van der Waals surface area contributed by atoms with Gasteiger partial charge in [0.1, 0.15) is 6.54 Å². The molecule has 0 aromatic heterocycles. The van der Waals surface area contributed by atoms with Crippen molar-refractivity contribution in [3.05, 3.63) is 82.8 Å². The van der Waals surface area contributed by atoms with Crippen molar-refractivity contribution in [3.63, 3.8) is 0 Å². The number of benzene rings is 2. The lowest BCUT2D eigenvalue weighted by atomic mass is 10.2. The van der Waals surface area contributed by atoms with E-state index >= 15 is 0 Å². The highest BCUT2D eigenvalue weighted by molar-refractivity contribution is 8.18. The van der Waals surface area contributed by atoms with Crippen LogP contribution in [0.3, 0.4) is 0 Å². The number of nitrogens with one attached hydrogen (secondary N) is 1. The van der Waals surface area contributed by atoms with E-state index in [-0.39, 0.29) is 10.6 Å². The Morgan fingerprint density at radius 2 is 1.80 bits per heavy atom. The number of hydrogen-bond acceptors (Lipinski definition) is 4. The zero-order valence-electron chi connectivity index (χ0n) is 15.3. The van der Waals surface area contributed by atoms with Crippen molar-refractivity contribution in [1.29, 1.82) is 0 Å². The van der Waals surface area contributed by atoms with Crippen molar-refractivity contribution in [3.8, 4) is 0 Å². The fraction of sp³-hybridized carbons (Fsp3) is 0.0952. The molecule has 0 radical (unpaired) electrons. The van der Waals surface area contributed by atoms with Crippen LogP contribution in [0, 0.1) is 0 Å². The van der Waals surface area contributed by atoms with Gasteiger partial charge in [0.15, 0.2) is 0 Å². The first-order valence-electron chi connectivity index (χ1n) is 8.68. The molecule has 1 saturated heterocycles. The number of alkyl halides is 3. The Labute approximate surface area is 174 Å². The molecule has 30 heavy (non-hydrogen) atoms. The molecule has 0 atom stereocenters. The monoisotopic (exact) mass is 432 g/mol. The summed E-state index contributed by atoms with van der Waals surface area (Å²) in [5.74, 6) is -1.42. The van der Waals surface area contributed by atoms with Crippen LogP contribution in [-0.4, -0.2) is 28.5 Å². The Kier molecular flexibility index (Phi) is 6.41. The van der Waals surface area contributed by atoms with E-state index in [0.717, 1.165) is 28.7 Å². The zero-order chi connectivity index (χ0) is 21.7. The fourth-order valence-electron chi connectivity index (χ4n) is 2.58. The Balaban J connectivity index is 1.63. The first kappa shape index (κ1) is 21.4. The van der Waals surface area contributed by atoms with Crippen LogP contribution in [0.2, 0.25) is 0 Å². The van der Waals surface area contributed by atoms with Crippen molar-refractivity contribution in [2.24, 2.45) is 0 Å². The van der Waals surface area contributed by atoms with Gasteiger partial charge in [0, 0.05) is 5.69 Å². The molecule has 0 spiro atoms. The van der Waals surface area contributed by atoms with Gasteiger partial charge in [-0.3, -0.25) is 19.3 Å². The van der Waals surface area contributed by atoms with E-state index in [9.17, 15) is 27.6 Å². The van der Waals surface area contributed by atoms with Crippen LogP contribution in [-0.2, 0) is 15.8 Å². The molecule has 3 rings (SSSR count). The molecule has 2 aromatic carbocycles. The second-order valence-electron chi connectivity index (χ2n) is 6.19. The molecular weight excluding hydrogens is 417 g/mol. The molecule has 1 aliphatic heterocycles. The summed E-state index contributed by atoms with van der Waals surface area (Å²) in [6.07, 6.45) is 0.303. The van der Waals surface area contributed by atoms with Crippen LogP contribution in [0.1, 0.15) is 11.1 Å². The van der Waals surface area contributed by atoms with Gasteiger partial charge in [-0.1, -0.05) is 48.6 Å². The van der Waals surface area contributed by atoms with Crippen molar-refractivity contribution in [2.75, 3.05) is 11.9 Å². The molecule has 1 heterocycles. The summed E-state index contributed by atoms with van der Waals surface area (Å²) in [5, 5.41) is 1.65. The van der Waals surface area contributed by atoms with E-state index in [2.05, 4.69) is 5.32 Å². The van der Waals surface area contributed by atoms with E-state index in [0.29, 0.717) is 11.8 Å². The third kappa shape index (κ3) is 5.38. The second kappa shape index (κ2) is 9.00. The van der Waals surface area contributed by atoms with E-state index in [1.165, 1.54) is 12.1 Å². The Morgan fingerprint density at radius 3 is 2.50 bits per heavy atom. The molecule has 0 aliphatic carbocycles. The van der Waals surface area contributed by atoms with Crippen LogP contribution in [0.5, 0.6) is 0 Å². The highest BCUT2D eigenvalue weighted by Gasteiger charge is 2.36. The summed E-state index contributed by atoms with van der Waals surface area (Å²) in [5.41, 5.74) is -0.0869. The molecule has 1 N–H and O–H groups in total. The molecule has 0 unspecified atom stereocenters. The van der Waals surface area contributed by atoms with Crippen LogP contribution < -0.4 is 5.32 Å². The molecule has 2 aromatic rings. The van der Waals surface area contributed by atoms with Gasteiger partial charge in [-0.2, -0.15) is 13.2 Å². The second-order valence-corrected chi connectivity index (χ2v) is 7.18. The maximum absolute atomic E-state index is 12.8. The molecule has 0 bridgehead atoms. The van der Waals surface area contributed by atoms with Crippen molar-refractivity contribution in [1.82, 2.24) is 4.90 Å². The van der Waals surface area contributed by atoms with Crippen molar-refractivity contribution >= 4 is 40.6 Å². The molecular formula is C21H15F3N2O3S. The van der Waals surface area contributed by atoms with Gasteiger partial charge in [-0.15, -0.1) is 0 Å². The van der Waals surface area contributed by atoms with Gasteiger partial charge in [0.05, 0.1) is 10.5 Å². The number of halogens is 3. The summed E-state index contributed by atoms with van der Waals surface area (Å²) in [7, 11) is 0. The summed E-state index contributed by atoms with van der Waals surface area (Å²) in [6, 6.07) is 13.4. The number of carbonyl (C=O) groups excluding carboxylic acids is 3. The van der Waals surface area contributed by atoms with Crippen molar-refractivity contribution < 1.29 is 27.6 Å². The number of imide groups is 1. The lowest BCUT2D eigenvalue weighted by molar-refractivity contribution is -0.137. The van der Waals surface area contributed by atoms with Crippen LogP contribution in [0.25, 0.3) is 6.08 Å². The quantitative estimate of drug-likeness (QED) is 0.680. The topological polar surface area (TPSA) is 66.5 Å². The first-order chi connectivity index (χ1) is 14.2. The predicted octanol–water partition coefficient (Wildman–Crippen LogP) is 4.94. The molecule has 5 nitrogen and oxygen atoms in total. The number of thioether (sulfide) groups is 1. The summed E-state index contributed by atoms with van der Waals surface area (Å²) in [4.78, 5) is 37.5. The molecule has 0 saturated carbocycles. The van der Waals surface area contributed by atoms with E-state index in [1.54, 1.807) is 12.2 Å². The molecule has 9 heteroatoms. The number of hydrogen-bond donors (Lipinski definition) is 1. The van der Waals surface area contributed by atoms with Crippen molar-refractivity contribution in [2.45, 2.75) is 6.18 Å². The summed E-state index contributed by atoms with van der Waals surface area (Å²) < 4.78 is 38.3. The summed E-state index contributed by atoms with van der Waals surface area (Å²) >= 11 is 0.690. The van der Waals surface area contributed by atoms with Gasteiger partial charge in [0.25, 0.3) is 11.1 Å². The highest BCUT2D eigenvalue weighted by Crippen LogP contribution is 2.32.